The summed E-state index contributed by atoms with van der Waals surface area (Å²) in [6, 6.07) is 5.20. The van der Waals surface area contributed by atoms with Crippen LogP contribution in [0.3, 0.4) is 0 Å². The second-order valence-electron chi connectivity index (χ2n) is 8.20. The Hall–Kier alpha value is -2.41. The summed E-state index contributed by atoms with van der Waals surface area (Å²) in [5, 5.41) is 4.45. The number of amides is 2. The predicted octanol–water partition coefficient (Wildman–Crippen LogP) is 1.89. The van der Waals surface area contributed by atoms with Gasteiger partial charge in [-0.25, -0.2) is 17.2 Å². The lowest BCUT2D eigenvalue weighted by atomic mass is 9.92. The van der Waals surface area contributed by atoms with Gasteiger partial charge in [-0.15, -0.1) is 11.3 Å². The first-order valence-electron chi connectivity index (χ1n) is 10.5. The van der Waals surface area contributed by atoms with Gasteiger partial charge < -0.3 is 16.0 Å². The van der Waals surface area contributed by atoms with Gasteiger partial charge in [-0.1, -0.05) is 6.07 Å². The summed E-state index contributed by atoms with van der Waals surface area (Å²) >= 11 is 0.998. The molecule has 1 saturated carbocycles. The zero-order valence-corrected chi connectivity index (χ0v) is 19.2. The van der Waals surface area contributed by atoms with Crippen molar-refractivity contribution in [2.75, 3.05) is 13.1 Å². The molecule has 2 fully saturated rings. The fourth-order valence-electron chi connectivity index (χ4n) is 4.25. The maximum atomic E-state index is 13.7. The molecule has 4 rings (SSSR count). The molecule has 2 aromatic rings. The van der Waals surface area contributed by atoms with Crippen molar-refractivity contribution >= 4 is 33.2 Å². The maximum Gasteiger partial charge on any atom is 0.259 e. The number of benzene rings is 1. The van der Waals surface area contributed by atoms with E-state index in [0.29, 0.717) is 18.9 Å². The van der Waals surface area contributed by atoms with Gasteiger partial charge in [0, 0.05) is 36.8 Å². The van der Waals surface area contributed by atoms with Crippen molar-refractivity contribution in [3.63, 3.8) is 0 Å². The van der Waals surface area contributed by atoms with Crippen molar-refractivity contribution in [3.8, 4) is 0 Å². The van der Waals surface area contributed by atoms with E-state index in [4.69, 9.17) is 5.73 Å². The van der Waals surface area contributed by atoms with Gasteiger partial charge in [-0.3, -0.25) is 9.59 Å². The average Bonchev–Trinajstić information content (AvgIpc) is 3.45. The molecular weight excluding hydrogens is 474 g/mol. The van der Waals surface area contributed by atoms with Crippen LogP contribution in [0.1, 0.15) is 36.0 Å². The number of thiophene rings is 1. The predicted molar refractivity (Wildman–Crippen MR) is 118 cm³/mol. The zero-order valence-electron chi connectivity index (χ0n) is 17.6. The van der Waals surface area contributed by atoms with Gasteiger partial charge in [0.1, 0.15) is 15.8 Å². The first kappa shape index (κ1) is 23.7. The number of carbonyl (C=O) groups is 2. The lowest BCUT2D eigenvalue weighted by Crippen LogP contribution is -2.56. The summed E-state index contributed by atoms with van der Waals surface area (Å²) in [5.74, 6) is -3.37. The van der Waals surface area contributed by atoms with E-state index in [-0.39, 0.29) is 34.9 Å². The van der Waals surface area contributed by atoms with Crippen molar-refractivity contribution in [1.29, 1.82) is 0 Å². The Morgan fingerprint density at radius 1 is 1.06 bits per heavy atom. The second-order valence-corrected chi connectivity index (χ2v) is 11.3. The number of rotatable bonds is 5. The minimum Gasteiger partial charge on any atom is -0.350 e. The Morgan fingerprint density at radius 2 is 1.73 bits per heavy atom. The number of nitrogens with two attached hydrogens (primary N) is 1. The molecule has 2 aliphatic rings. The fourth-order valence-corrected chi connectivity index (χ4v) is 6.92. The number of nitrogens with one attached hydrogen (secondary N) is 1. The quantitative estimate of drug-likeness (QED) is 0.654. The lowest BCUT2D eigenvalue weighted by molar-refractivity contribution is -0.128. The van der Waals surface area contributed by atoms with Crippen LogP contribution in [-0.2, 0) is 14.8 Å². The van der Waals surface area contributed by atoms with Crippen LogP contribution >= 0.6 is 11.3 Å². The highest BCUT2D eigenvalue weighted by Crippen LogP contribution is 2.29. The molecule has 1 saturated heterocycles. The van der Waals surface area contributed by atoms with Crippen LogP contribution in [0.15, 0.2) is 39.9 Å². The van der Waals surface area contributed by atoms with Crippen LogP contribution in [0.2, 0.25) is 0 Å². The summed E-state index contributed by atoms with van der Waals surface area (Å²) in [5.41, 5.74) is 5.62. The molecule has 2 heterocycles. The third-order valence-corrected chi connectivity index (χ3v) is 9.14. The molecule has 1 aliphatic heterocycles. The van der Waals surface area contributed by atoms with Gasteiger partial charge in [0.25, 0.3) is 21.8 Å². The van der Waals surface area contributed by atoms with E-state index in [1.165, 1.54) is 6.07 Å². The molecule has 1 aromatic heterocycles. The number of sulfonamides is 1. The number of nitrogens with zero attached hydrogens (tertiary/aromatic N) is 2. The average molecular weight is 499 g/mol. The van der Waals surface area contributed by atoms with E-state index in [1.54, 1.807) is 11.4 Å². The van der Waals surface area contributed by atoms with Gasteiger partial charge in [-0.05, 0) is 49.3 Å². The largest absolute Gasteiger partial charge is 0.350 e. The minimum absolute atomic E-state index is 0.0371. The molecule has 178 valence electrons. The molecule has 2 amide bonds. The minimum atomic E-state index is -4.08. The zero-order chi connectivity index (χ0) is 23.8. The highest BCUT2D eigenvalue weighted by Gasteiger charge is 2.47. The maximum absolute atomic E-state index is 13.7. The Bertz CT molecular complexity index is 1110. The van der Waals surface area contributed by atoms with Crippen molar-refractivity contribution in [2.45, 2.75) is 48.1 Å². The third kappa shape index (κ3) is 4.93. The normalized spacial score (nSPS) is 24.1. The number of carbonyl (C=O) groups excluding carboxylic acids is 2. The van der Waals surface area contributed by atoms with Crippen LogP contribution < -0.4 is 11.1 Å². The highest BCUT2D eigenvalue weighted by molar-refractivity contribution is 7.91. The van der Waals surface area contributed by atoms with Crippen molar-refractivity contribution in [3.05, 3.63) is 52.9 Å². The SMILES string of the molecule is NC1CCC(NC(=O)C2N(C(=O)c3cc(F)cc(F)c3)CCN2S(=O)(=O)c2cccs2)CC1. The first-order chi connectivity index (χ1) is 15.7. The summed E-state index contributed by atoms with van der Waals surface area (Å²) in [6.07, 6.45) is 1.24. The number of halogens is 2. The fraction of sp³-hybridized carbons (Fsp3) is 0.429. The highest BCUT2D eigenvalue weighted by atomic mass is 32.2. The van der Waals surface area contributed by atoms with Crippen LogP contribution in [0.5, 0.6) is 0 Å². The van der Waals surface area contributed by atoms with Crippen LogP contribution in [-0.4, -0.2) is 60.8 Å². The standard InChI is InChI=1S/C21H24F2N4O4S2/c22-14-10-13(11-15(23)12-14)21(29)26-7-8-27(33(30,31)18-2-1-9-32-18)20(26)19(28)25-17-5-3-16(24)4-6-17/h1-2,9-12,16-17,20H,3-8,24H2,(H,25,28). The Balaban J connectivity index is 1.65. The molecule has 1 aromatic carbocycles. The molecule has 12 heteroatoms. The molecule has 3 N–H and O–H groups in total. The third-order valence-electron chi connectivity index (χ3n) is 5.91. The van der Waals surface area contributed by atoms with Crippen LogP contribution in [0.25, 0.3) is 0 Å². The molecule has 33 heavy (non-hydrogen) atoms. The Morgan fingerprint density at radius 3 is 2.33 bits per heavy atom. The van der Waals surface area contributed by atoms with E-state index in [0.717, 1.165) is 45.5 Å². The van der Waals surface area contributed by atoms with Crippen molar-refractivity contribution < 1.29 is 26.8 Å². The van der Waals surface area contributed by atoms with Crippen molar-refractivity contribution in [1.82, 2.24) is 14.5 Å². The monoisotopic (exact) mass is 498 g/mol. The van der Waals surface area contributed by atoms with E-state index in [2.05, 4.69) is 5.32 Å². The van der Waals surface area contributed by atoms with Gasteiger partial charge in [0.2, 0.25) is 0 Å². The lowest BCUT2D eigenvalue weighted by Gasteiger charge is -2.32. The second kappa shape index (κ2) is 9.45. The van der Waals surface area contributed by atoms with Crippen LogP contribution in [0, 0.1) is 11.6 Å². The van der Waals surface area contributed by atoms with Gasteiger partial charge in [0.05, 0.1) is 0 Å². The first-order valence-corrected chi connectivity index (χ1v) is 12.9. The van der Waals surface area contributed by atoms with Gasteiger partial charge in [-0.2, -0.15) is 4.31 Å². The topological polar surface area (TPSA) is 113 Å². The summed E-state index contributed by atoms with van der Waals surface area (Å²) in [6.45, 7) is -0.230. The Kier molecular flexibility index (Phi) is 6.80. The number of hydrogen-bond acceptors (Lipinski definition) is 6. The van der Waals surface area contributed by atoms with E-state index in [1.807, 2.05) is 0 Å². The van der Waals surface area contributed by atoms with Crippen molar-refractivity contribution in [2.24, 2.45) is 5.73 Å². The summed E-state index contributed by atoms with van der Waals surface area (Å²) in [4.78, 5) is 27.5. The molecule has 0 radical (unpaired) electrons. The molecule has 8 nitrogen and oxygen atoms in total. The van der Waals surface area contributed by atoms with Gasteiger partial charge in [0.15, 0.2) is 6.17 Å². The Labute approximate surface area is 194 Å². The summed E-state index contributed by atoms with van der Waals surface area (Å²) in [7, 11) is -4.08. The smallest absolute Gasteiger partial charge is 0.259 e. The molecule has 1 unspecified atom stereocenters. The molecule has 0 spiro atoms. The molecular formula is C21H24F2N4O4S2. The van der Waals surface area contributed by atoms with E-state index in [9.17, 15) is 26.8 Å². The molecule has 1 aliphatic carbocycles. The number of hydrogen-bond donors (Lipinski definition) is 2. The van der Waals surface area contributed by atoms with E-state index >= 15 is 0 Å². The molecule has 1 atom stereocenters. The van der Waals surface area contributed by atoms with Gasteiger partial charge >= 0.3 is 0 Å². The summed E-state index contributed by atoms with van der Waals surface area (Å²) < 4.78 is 54.9. The van der Waals surface area contributed by atoms with E-state index < -0.39 is 39.6 Å². The van der Waals surface area contributed by atoms with Crippen LogP contribution in [0.4, 0.5) is 8.78 Å². The molecule has 0 bridgehead atoms.